The van der Waals surface area contributed by atoms with Crippen LogP contribution in [0.3, 0.4) is 0 Å². The fraction of sp³-hybridized carbons (Fsp3) is 0.493. The lowest BCUT2D eigenvalue weighted by atomic mass is 9.96. The number of hydrogen-bond acceptors (Lipinski definition) is 2. The Morgan fingerprint density at radius 3 is 0.514 bits per heavy atom. The highest BCUT2D eigenvalue weighted by atomic mass is 27.2. The molecule has 1 aliphatic heterocycles. The summed E-state index contributed by atoms with van der Waals surface area (Å²) in [4.78, 5) is 4.77. The van der Waals surface area contributed by atoms with Gasteiger partial charge in [-0.3, -0.25) is 4.99 Å². The molecule has 2 nitrogen and oxygen atoms in total. The third-order valence-electron chi connectivity index (χ3n) is 18.4. The van der Waals surface area contributed by atoms with Gasteiger partial charge in [-0.2, -0.15) is 0 Å². The number of unbranched alkanes of at least 4 members (excludes halogenated alkanes) is 28. The van der Waals surface area contributed by atoms with Crippen molar-refractivity contribution in [1.29, 1.82) is 0 Å². The summed E-state index contributed by atoms with van der Waals surface area (Å²) in [5.41, 5.74) is 0. The third-order valence-corrected chi connectivity index (χ3v) is 24.9. The minimum Gasteiger partial charge on any atom is -0.372 e. The number of aliphatic imine (C=N–C) groups is 1. The summed E-state index contributed by atoms with van der Waals surface area (Å²) in [6, 6.07) is 1.18. The van der Waals surface area contributed by atoms with E-state index in [0.29, 0.717) is 12.1 Å². The molecule has 0 bridgehead atoms. The topological polar surface area (TPSA) is 24.4 Å². The van der Waals surface area contributed by atoms with E-state index in [9.17, 15) is 132 Å². The minimum atomic E-state index is -5.96. The van der Waals surface area contributed by atoms with Crippen LogP contribution in [0.1, 0.15) is 219 Å². The highest BCUT2D eigenvalue weighted by molar-refractivity contribution is 6.96. The van der Waals surface area contributed by atoms with Gasteiger partial charge < -0.3 is 5.32 Å². The van der Waals surface area contributed by atoms with E-state index in [-0.39, 0.29) is 0 Å². The maximum absolute atomic E-state index is 14.4. The molecule has 107 heavy (non-hydrogen) atoms. The highest BCUT2D eigenvalue weighted by Gasteiger charge is 2.49. The van der Waals surface area contributed by atoms with E-state index in [1.807, 2.05) is 6.34 Å². The molecular weight excluding hydrogens is 1530 g/mol. The van der Waals surface area contributed by atoms with E-state index in [1.54, 1.807) is 0 Å². The van der Waals surface area contributed by atoms with Crippen LogP contribution >= 0.6 is 0 Å². The standard InChI is InChI=1S/C37H74N2.6C6F5.2Al/c1-3-5-7-9-11-13-15-17-19-21-23-25-27-29-31-33-36-37(39-35-38-36)34-32-30-28-26-24-22-20-18-16-14-12-10-8-6-4-2;6*7-2-1-3(8)5(10)6(11)4(2)9;;/h35-37H,3-34H2,1-2H3,(H,38,39);;;;;;;;. The number of nitrogens with zero attached hydrogens (tertiary/aromatic N) is 1. The normalized spacial score (nSPS) is 13.3. The van der Waals surface area contributed by atoms with Gasteiger partial charge in [-0.05, 0) is 39.4 Å². The molecule has 0 spiro atoms. The molecule has 592 valence electrons. The van der Waals surface area contributed by atoms with E-state index < -0.39 is 229 Å². The van der Waals surface area contributed by atoms with Crippen LogP contribution in [-0.4, -0.2) is 46.7 Å². The second kappa shape index (κ2) is 44.0. The SMILES string of the molecule is CCCCCCCCCCCCCCCCCC1N=CNC1CCCCCCCCCCCCCCCCC.Fc1c(F)c(F)[c]([Al]([c]2c(F)c(F)c(F)c(F)c2F)[c]2c(F)c(F)c(F)c(F)c2F)c(F)c1F.Fc1c(F)c(F)[c]([Al]([c]2c(F)c(F)c(F)c(F)c2F)[c]2c(F)c(F)c(F)c(F)c2F)c(F)c1F. The van der Waals surface area contributed by atoms with Gasteiger partial charge in [0, 0.05) is 6.04 Å². The van der Waals surface area contributed by atoms with Crippen molar-refractivity contribution < 1.29 is 132 Å². The van der Waals surface area contributed by atoms with Crippen LogP contribution in [0.25, 0.3) is 0 Å². The van der Waals surface area contributed by atoms with Crippen LogP contribution in [0.5, 0.6) is 0 Å². The average Bonchev–Trinajstić information content (AvgIpc) is 0.853. The number of halogens is 30. The van der Waals surface area contributed by atoms with Crippen molar-refractivity contribution >= 4 is 61.2 Å². The van der Waals surface area contributed by atoms with Crippen LogP contribution in [0.4, 0.5) is 132 Å². The van der Waals surface area contributed by atoms with E-state index in [2.05, 4.69) is 19.2 Å². The van der Waals surface area contributed by atoms with Crippen molar-refractivity contribution in [3.63, 3.8) is 0 Å². The molecule has 0 saturated carbocycles. The first kappa shape index (κ1) is 91.4. The van der Waals surface area contributed by atoms with E-state index in [0.717, 1.165) is 0 Å². The van der Waals surface area contributed by atoms with Crippen LogP contribution in [0.2, 0.25) is 0 Å². The lowest BCUT2D eigenvalue weighted by molar-refractivity contribution is 0.380. The maximum atomic E-state index is 14.4. The summed E-state index contributed by atoms with van der Waals surface area (Å²) < 4.78 is 403. The summed E-state index contributed by atoms with van der Waals surface area (Å²) in [5, 5.41) is 3.57. The van der Waals surface area contributed by atoms with Crippen molar-refractivity contribution in [3.05, 3.63) is 175 Å². The Balaban J connectivity index is 0.000000289. The predicted molar refractivity (Wildman–Crippen MR) is 345 cm³/mol. The number of hydrogen-bond donors (Lipinski definition) is 1. The van der Waals surface area contributed by atoms with E-state index >= 15 is 0 Å². The molecular formula is C73H74Al2F30N2. The number of benzene rings is 6. The third kappa shape index (κ3) is 22.5. The Labute approximate surface area is 606 Å². The Kier molecular flexibility index (Phi) is 37.5. The molecule has 0 aliphatic carbocycles. The monoisotopic (exact) mass is 1600 g/mol. The van der Waals surface area contributed by atoms with Crippen LogP contribution in [-0.2, 0) is 0 Å². The second-order valence-corrected chi connectivity index (χ2v) is 31.1. The number of nitrogens with one attached hydrogen (secondary N) is 1. The summed E-state index contributed by atoms with van der Waals surface area (Å²) in [7, 11) is 0. The first-order valence-corrected chi connectivity index (χ1v) is 38.5. The predicted octanol–water partition coefficient (Wildman–Crippen LogP) is 21.5. The Hall–Kier alpha value is -6.25. The van der Waals surface area contributed by atoms with Crippen LogP contribution in [0, 0.1) is 175 Å². The van der Waals surface area contributed by atoms with Crippen molar-refractivity contribution in [2.24, 2.45) is 4.99 Å². The Bertz CT molecular complexity index is 3290. The Morgan fingerprint density at radius 1 is 0.206 bits per heavy atom. The number of rotatable bonds is 38. The van der Waals surface area contributed by atoms with Gasteiger partial charge in [0.15, 0.2) is 175 Å². The lowest BCUT2D eigenvalue weighted by Crippen LogP contribution is -2.60. The smallest absolute Gasteiger partial charge is 0.372 e. The molecule has 6 aromatic carbocycles. The zero-order valence-electron chi connectivity index (χ0n) is 57.8. The van der Waals surface area contributed by atoms with Gasteiger partial charge >= 0.3 is 28.3 Å². The summed E-state index contributed by atoms with van der Waals surface area (Å²) >= 11 is -11.9. The molecule has 0 radical (unpaired) electrons. The fourth-order valence-electron chi connectivity index (χ4n) is 12.6. The lowest BCUT2D eigenvalue weighted by Gasteiger charge is -2.20. The summed E-state index contributed by atoms with van der Waals surface area (Å²) in [5.74, 6) is -89.2. The Morgan fingerprint density at radius 2 is 0.346 bits per heavy atom. The minimum absolute atomic E-state index is 0.554. The van der Waals surface area contributed by atoms with Gasteiger partial charge in [0.2, 0.25) is 0 Å². The molecule has 1 aliphatic rings. The first-order chi connectivity index (χ1) is 50.7. The van der Waals surface area contributed by atoms with Gasteiger partial charge in [-0.15, -0.1) is 0 Å². The quantitative estimate of drug-likeness (QED) is 0.0135. The van der Waals surface area contributed by atoms with Gasteiger partial charge in [-0.1, -0.05) is 206 Å². The average molecular weight is 1600 g/mol. The molecule has 1 heterocycles. The zero-order chi connectivity index (χ0) is 79.8. The fourth-order valence-corrected chi connectivity index (χ4v) is 18.9. The summed E-state index contributed by atoms with van der Waals surface area (Å²) in [6.07, 6.45) is 48.0. The van der Waals surface area contributed by atoms with E-state index in [4.69, 9.17) is 4.99 Å². The van der Waals surface area contributed by atoms with Gasteiger partial charge in [0.05, 0.1) is 12.4 Å². The van der Waals surface area contributed by atoms with Gasteiger partial charge in [0.1, 0.15) is 0 Å². The zero-order valence-corrected chi connectivity index (χ0v) is 60.1. The molecule has 1 N–H and O–H groups in total. The van der Waals surface area contributed by atoms with E-state index in [1.165, 1.54) is 205 Å². The van der Waals surface area contributed by atoms with Crippen molar-refractivity contribution in [2.45, 2.75) is 231 Å². The molecule has 0 saturated heterocycles. The van der Waals surface area contributed by atoms with Crippen molar-refractivity contribution in [2.75, 3.05) is 0 Å². The maximum Gasteiger partial charge on any atom is 0.413 e. The molecule has 7 rings (SSSR count). The van der Waals surface area contributed by atoms with Gasteiger partial charge in [-0.25, -0.2) is 132 Å². The van der Waals surface area contributed by atoms with Crippen LogP contribution in [0.15, 0.2) is 4.99 Å². The molecule has 0 amide bonds. The van der Waals surface area contributed by atoms with Crippen molar-refractivity contribution in [1.82, 2.24) is 5.32 Å². The van der Waals surface area contributed by atoms with Crippen molar-refractivity contribution in [3.8, 4) is 0 Å². The molecule has 6 aromatic rings. The second-order valence-electron chi connectivity index (χ2n) is 25.9. The van der Waals surface area contributed by atoms with Gasteiger partial charge in [0.25, 0.3) is 0 Å². The highest BCUT2D eigenvalue weighted by Crippen LogP contribution is 2.29. The molecule has 0 fully saturated rings. The largest absolute Gasteiger partial charge is 0.413 e. The molecule has 2 atom stereocenters. The molecule has 2 unspecified atom stereocenters. The summed E-state index contributed by atoms with van der Waals surface area (Å²) in [6.45, 7) is 4.61. The molecule has 34 heteroatoms. The molecule has 0 aromatic heterocycles. The van der Waals surface area contributed by atoms with Crippen LogP contribution < -0.4 is 31.9 Å². The first-order valence-electron chi connectivity index (χ1n) is 35.1.